The number of methoxy groups -OCH3 is 1. The number of rotatable bonds is 6. The van der Waals surface area contributed by atoms with E-state index in [1.54, 1.807) is 7.11 Å². The molecule has 0 saturated carbocycles. The summed E-state index contributed by atoms with van der Waals surface area (Å²) in [7, 11) is 1.80. The first kappa shape index (κ1) is 19.6. The number of hydrogen-bond acceptors (Lipinski definition) is 4. The molecule has 2 aliphatic rings. The lowest BCUT2D eigenvalue weighted by molar-refractivity contribution is 0.0673. The summed E-state index contributed by atoms with van der Waals surface area (Å²) in [6, 6.07) is 11.0. The molecule has 28 heavy (non-hydrogen) atoms. The van der Waals surface area contributed by atoms with E-state index in [4.69, 9.17) is 4.74 Å². The molecule has 1 aromatic carbocycles. The van der Waals surface area contributed by atoms with Gasteiger partial charge in [0.05, 0.1) is 18.0 Å². The van der Waals surface area contributed by atoms with E-state index in [-0.39, 0.29) is 0 Å². The predicted molar refractivity (Wildman–Crippen MR) is 113 cm³/mol. The third kappa shape index (κ3) is 4.32. The Bertz CT molecular complexity index is 802. The number of ether oxygens (including phenoxy) is 1. The zero-order valence-electron chi connectivity index (χ0n) is 17.7. The summed E-state index contributed by atoms with van der Waals surface area (Å²) in [5.41, 5.74) is 5.29. The summed E-state index contributed by atoms with van der Waals surface area (Å²) >= 11 is 0. The highest BCUT2D eigenvalue weighted by atomic mass is 16.5. The molecule has 2 aromatic rings. The Morgan fingerprint density at radius 2 is 1.93 bits per heavy atom. The molecule has 0 aliphatic carbocycles. The van der Waals surface area contributed by atoms with E-state index in [1.165, 1.54) is 62.4 Å². The minimum absolute atomic E-state index is 0.485. The summed E-state index contributed by atoms with van der Waals surface area (Å²) in [5, 5.41) is 4.64. The van der Waals surface area contributed by atoms with Gasteiger partial charge in [-0.05, 0) is 75.4 Å². The zero-order chi connectivity index (χ0) is 19.6. The molecule has 0 N–H and O–H groups in total. The number of piperidine rings is 1. The van der Waals surface area contributed by atoms with Crippen molar-refractivity contribution in [3.8, 4) is 5.69 Å². The van der Waals surface area contributed by atoms with Crippen LogP contribution < -0.4 is 0 Å². The maximum atomic E-state index is 5.29. The molecule has 2 fully saturated rings. The third-order valence-electron chi connectivity index (χ3n) is 6.44. The molecule has 0 bridgehead atoms. The monoisotopic (exact) mass is 382 g/mol. The number of likely N-dealkylation sites (tertiary alicyclic amines) is 2. The van der Waals surface area contributed by atoms with Gasteiger partial charge < -0.3 is 9.64 Å². The van der Waals surface area contributed by atoms with Crippen molar-refractivity contribution in [2.24, 2.45) is 5.41 Å². The van der Waals surface area contributed by atoms with Crippen LogP contribution >= 0.6 is 0 Å². The molecule has 1 aromatic heterocycles. The van der Waals surface area contributed by atoms with Crippen LogP contribution in [0.15, 0.2) is 30.3 Å². The van der Waals surface area contributed by atoms with Crippen LogP contribution in [0, 0.1) is 19.3 Å². The zero-order valence-corrected chi connectivity index (χ0v) is 17.7. The Morgan fingerprint density at radius 3 is 2.71 bits per heavy atom. The predicted octanol–water partition coefficient (Wildman–Crippen LogP) is 3.42. The minimum atomic E-state index is 0.485. The smallest absolute Gasteiger partial charge is 0.0651 e. The standard InChI is InChI=1S/C23H34N4O/c1-19-14-20(2)27(24-19)22-7-4-6-21(15-22)16-26-11-9-23(18-26)8-5-10-25(17-23)12-13-28-3/h4,6-7,14-15H,5,8-13,16-18H2,1-3H3. The first-order valence-corrected chi connectivity index (χ1v) is 10.6. The fourth-order valence-electron chi connectivity index (χ4n) is 5.15. The number of hydrogen-bond donors (Lipinski definition) is 0. The van der Waals surface area contributed by atoms with Crippen molar-refractivity contribution < 1.29 is 4.74 Å². The molecule has 3 heterocycles. The van der Waals surface area contributed by atoms with E-state index in [9.17, 15) is 0 Å². The van der Waals surface area contributed by atoms with E-state index >= 15 is 0 Å². The van der Waals surface area contributed by atoms with Gasteiger partial charge in [0, 0.05) is 39.0 Å². The SMILES string of the molecule is COCCN1CCCC2(CCN(Cc3cccc(-n4nc(C)cc4C)c3)C2)C1. The molecular formula is C23H34N4O. The lowest BCUT2D eigenvalue weighted by Crippen LogP contribution is -2.45. The molecule has 2 saturated heterocycles. The molecular weight excluding hydrogens is 348 g/mol. The van der Waals surface area contributed by atoms with Gasteiger partial charge in [0.1, 0.15) is 0 Å². The van der Waals surface area contributed by atoms with Crippen molar-refractivity contribution >= 4 is 0 Å². The number of aryl methyl sites for hydroxylation is 2. The molecule has 0 radical (unpaired) electrons. The first-order chi connectivity index (χ1) is 13.6. The maximum Gasteiger partial charge on any atom is 0.0651 e. The minimum Gasteiger partial charge on any atom is -0.383 e. The van der Waals surface area contributed by atoms with Crippen molar-refractivity contribution in [2.75, 3.05) is 46.4 Å². The average molecular weight is 383 g/mol. The second kappa shape index (κ2) is 8.36. The Hall–Kier alpha value is -1.69. The molecule has 1 spiro atoms. The van der Waals surface area contributed by atoms with Crippen molar-refractivity contribution in [3.05, 3.63) is 47.3 Å². The maximum absolute atomic E-state index is 5.29. The second-order valence-electron chi connectivity index (χ2n) is 8.84. The second-order valence-corrected chi connectivity index (χ2v) is 8.84. The van der Waals surface area contributed by atoms with Crippen LogP contribution in [0.5, 0.6) is 0 Å². The molecule has 0 amide bonds. The Labute approximate surface area is 169 Å². The molecule has 4 rings (SSSR count). The molecule has 152 valence electrons. The molecule has 2 aliphatic heterocycles. The fraction of sp³-hybridized carbons (Fsp3) is 0.609. The van der Waals surface area contributed by atoms with Crippen LogP contribution in [-0.4, -0.2) is 66.0 Å². The molecule has 1 unspecified atom stereocenters. The first-order valence-electron chi connectivity index (χ1n) is 10.6. The molecule has 5 nitrogen and oxygen atoms in total. The summed E-state index contributed by atoms with van der Waals surface area (Å²) in [5.74, 6) is 0. The summed E-state index contributed by atoms with van der Waals surface area (Å²) in [4.78, 5) is 5.26. The lowest BCUT2D eigenvalue weighted by Gasteiger charge is -2.40. The van der Waals surface area contributed by atoms with Crippen molar-refractivity contribution in [1.82, 2.24) is 19.6 Å². The number of benzene rings is 1. The van der Waals surface area contributed by atoms with Gasteiger partial charge >= 0.3 is 0 Å². The molecule has 1 atom stereocenters. The summed E-state index contributed by atoms with van der Waals surface area (Å²) in [6.45, 7) is 12.0. The number of nitrogens with zero attached hydrogens (tertiary/aromatic N) is 4. The van der Waals surface area contributed by atoms with E-state index in [0.29, 0.717) is 5.41 Å². The third-order valence-corrected chi connectivity index (χ3v) is 6.44. The van der Waals surface area contributed by atoms with Gasteiger partial charge in [0.15, 0.2) is 0 Å². The van der Waals surface area contributed by atoms with Gasteiger partial charge in [-0.3, -0.25) is 4.90 Å². The highest BCUT2D eigenvalue weighted by Crippen LogP contribution is 2.39. The highest BCUT2D eigenvalue weighted by Gasteiger charge is 2.40. The number of aromatic nitrogens is 2. The van der Waals surface area contributed by atoms with E-state index < -0.39 is 0 Å². The average Bonchev–Trinajstić information content (AvgIpc) is 3.22. The molecule has 5 heteroatoms. The largest absolute Gasteiger partial charge is 0.383 e. The van der Waals surface area contributed by atoms with E-state index in [0.717, 1.165) is 25.4 Å². The van der Waals surface area contributed by atoms with Crippen molar-refractivity contribution in [1.29, 1.82) is 0 Å². The Balaban J connectivity index is 1.40. The van der Waals surface area contributed by atoms with Gasteiger partial charge in [-0.2, -0.15) is 5.10 Å². The van der Waals surface area contributed by atoms with Gasteiger partial charge in [0.25, 0.3) is 0 Å². The fourth-order valence-corrected chi connectivity index (χ4v) is 5.15. The van der Waals surface area contributed by atoms with E-state index in [2.05, 4.69) is 63.8 Å². The Kier molecular flexibility index (Phi) is 5.85. The van der Waals surface area contributed by atoms with Crippen LogP contribution in [0.3, 0.4) is 0 Å². The van der Waals surface area contributed by atoms with Crippen LogP contribution in [0.4, 0.5) is 0 Å². The van der Waals surface area contributed by atoms with Crippen molar-refractivity contribution in [3.63, 3.8) is 0 Å². The topological polar surface area (TPSA) is 33.5 Å². The lowest BCUT2D eigenvalue weighted by atomic mass is 9.79. The van der Waals surface area contributed by atoms with Crippen molar-refractivity contribution in [2.45, 2.75) is 39.7 Å². The summed E-state index contributed by atoms with van der Waals surface area (Å²) in [6.07, 6.45) is 4.03. The quantitative estimate of drug-likeness (QED) is 0.767. The van der Waals surface area contributed by atoms with E-state index in [1.807, 2.05) is 0 Å². The van der Waals surface area contributed by atoms with Crippen LogP contribution in [0.1, 0.15) is 36.2 Å². The highest BCUT2D eigenvalue weighted by molar-refractivity contribution is 5.37. The van der Waals surface area contributed by atoms with Crippen LogP contribution in [0.25, 0.3) is 5.69 Å². The summed E-state index contributed by atoms with van der Waals surface area (Å²) < 4.78 is 7.35. The Morgan fingerprint density at radius 1 is 1.07 bits per heavy atom. The van der Waals surface area contributed by atoms with Gasteiger partial charge in [-0.25, -0.2) is 4.68 Å². The van der Waals surface area contributed by atoms with Gasteiger partial charge in [0.2, 0.25) is 0 Å². The van der Waals surface area contributed by atoms with Gasteiger partial charge in [-0.1, -0.05) is 12.1 Å². The van der Waals surface area contributed by atoms with Gasteiger partial charge in [-0.15, -0.1) is 0 Å². The van der Waals surface area contributed by atoms with Crippen LogP contribution in [0.2, 0.25) is 0 Å². The normalized spacial score (nSPS) is 23.7. The van der Waals surface area contributed by atoms with Crippen LogP contribution in [-0.2, 0) is 11.3 Å².